The molecule has 0 aliphatic carbocycles. The number of hydrogen-bond acceptors (Lipinski definition) is 4. The first-order valence-corrected chi connectivity index (χ1v) is 6.94. The number of carbonyl (C=O) groups excluding carboxylic acids is 1. The van der Waals surface area contributed by atoms with Gasteiger partial charge < -0.3 is 5.32 Å². The van der Waals surface area contributed by atoms with Crippen LogP contribution in [0.25, 0.3) is 0 Å². The molecule has 0 saturated carbocycles. The first kappa shape index (κ1) is 15.1. The van der Waals surface area contributed by atoms with Crippen molar-refractivity contribution in [2.75, 3.05) is 20.6 Å². The fraction of sp³-hybridized carbons (Fsp3) is 0.333. The molecular weight excluding hydrogens is 266 g/mol. The first-order valence-electron chi connectivity index (χ1n) is 5.50. The summed E-state index contributed by atoms with van der Waals surface area (Å²) in [5.74, 6) is -0.403. The number of hydrogen-bond donors (Lipinski definition) is 1. The minimum atomic E-state index is -3.79. The molecule has 0 saturated heterocycles. The van der Waals surface area contributed by atoms with E-state index in [0.29, 0.717) is 5.56 Å². The lowest BCUT2D eigenvalue weighted by molar-refractivity contribution is -0.120. The van der Waals surface area contributed by atoms with Crippen LogP contribution in [0.5, 0.6) is 0 Å². The maximum Gasteiger partial charge on any atom is 0.243 e. The second-order valence-corrected chi connectivity index (χ2v) is 6.04. The molecule has 1 aromatic rings. The fourth-order valence-corrected chi connectivity index (χ4v) is 2.86. The van der Waals surface area contributed by atoms with Crippen molar-refractivity contribution in [2.45, 2.75) is 11.8 Å². The van der Waals surface area contributed by atoms with E-state index < -0.39 is 15.9 Å². The average Bonchev–Trinajstić information content (AvgIpc) is 2.38. The molecule has 0 aliphatic heterocycles. The normalized spacial score (nSPS) is 11.1. The largest absolute Gasteiger partial charge is 0.358 e. The smallest absolute Gasteiger partial charge is 0.243 e. The molecule has 1 N–H and O–H groups in total. The fourth-order valence-electron chi connectivity index (χ4n) is 1.48. The van der Waals surface area contributed by atoms with Gasteiger partial charge in [0.05, 0.1) is 23.1 Å². The molecule has 102 valence electrons. The molecule has 1 rings (SSSR count). The van der Waals surface area contributed by atoms with Crippen molar-refractivity contribution in [1.82, 2.24) is 9.62 Å². The summed E-state index contributed by atoms with van der Waals surface area (Å²) in [6, 6.07) is 6.32. The number of benzene rings is 1. The van der Waals surface area contributed by atoms with Crippen LogP contribution in [0.1, 0.15) is 11.1 Å². The molecular formula is C12H15N3O3S. The van der Waals surface area contributed by atoms with E-state index >= 15 is 0 Å². The molecule has 7 heteroatoms. The number of rotatable bonds is 4. The summed E-state index contributed by atoms with van der Waals surface area (Å²) in [4.78, 5) is 11.3. The molecule has 0 fully saturated rings. The van der Waals surface area contributed by atoms with Gasteiger partial charge in [0, 0.05) is 14.1 Å². The van der Waals surface area contributed by atoms with E-state index in [1.807, 2.05) is 6.07 Å². The van der Waals surface area contributed by atoms with Crippen molar-refractivity contribution in [1.29, 1.82) is 5.26 Å². The standard InChI is InChI=1S/C12H15N3O3S/c1-9-4-5-10(7-13)6-11(9)19(17,18)15(3)8-12(16)14-2/h4-6H,8H2,1-3H3,(H,14,16). The molecule has 1 amide bonds. The van der Waals surface area contributed by atoms with Crippen LogP contribution in [-0.2, 0) is 14.8 Å². The second kappa shape index (κ2) is 5.82. The third-order valence-electron chi connectivity index (χ3n) is 2.65. The van der Waals surface area contributed by atoms with E-state index in [1.54, 1.807) is 19.1 Å². The number of carbonyl (C=O) groups is 1. The monoisotopic (exact) mass is 281 g/mol. The Morgan fingerprint density at radius 1 is 1.47 bits per heavy atom. The molecule has 19 heavy (non-hydrogen) atoms. The van der Waals surface area contributed by atoms with Gasteiger partial charge in [-0.2, -0.15) is 9.57 Å². The summed E-state index contributed by atoms with van der Waals surface area (Å²) < 4.78 is 25.6. The zero-order valence-corrected chi connectivity index (χ0v) is 11.8. The minimum absolute atomic E-state index is 0.0398. The maximum atomic E-state index is 12.3. The van der Waals surface area contributed by atoms with Crippen molar-refractivity contribution >= 4 is 15.9 Å². The van der Waals surface area contributed by atoms with E-state index in [9.17, 15) is 13.2 Å². The van der Waals surface area contributed by atoms with Crippen LogP contribution in [0, 0.1) is 18.3 Å². The SMILES string of the molecule is CNC(=O)CN(C)S(=O)(=O)c1cc(C#N)ccc1C. The van der Waals surface area contributed by atoms with E-state index in [2.05, 4.69) is 5.32 Å². The summed E-state index contributed by atoms with van der Waals surface area (Å²) in [5.41, 5.74) is 0.792. The van der Waals surface area contributed by atoms with Gasteiger partial charge in [-0.25, -0.2) is 8.42 Å². The molecule has 0 spiro atoms. The Morgan fingerprint density at radius 2 is 2.11 bits per heavy atom. The van der Waals surface area contributed by atoms with Crippen molar-refractivity contribution in [3.8, 4) is 6.07 Å². The Hall–Kier alpha value is -1.91. The average molecular weight is 281 g/mol. The van der Waals surface area contributed by atoms with Crippen molar-refractivity contribution < 1.29 is 13.2 Å². The Bertz CT molecular complexity index is 632. The molecule has 0 aliphatic rings. The van der Waals surface area contributed by atoms with Crippen LogP contribution in [0.3, 0.4) is 0 Å². The summed E-state index contributed by atoms with van der Waals surface area (Å²) >= 11 is 0. The van der Waals surface area contributed by atoms with Crippen LogP contribution in [0.4, 0.5) is 0 Å². The van der Waals surface area contributed by atoms with Gasteiger partial charge in [-0.05, 0) is 24.6 Å². The summed E-state index contributed by atoms with van der Waals surface area (Å²) in [6.07, 6.45) is 0. The first-order chi connectivity index (χ1) is 8.82. The number of nitriles is 1. The van der Waals surface area contributed by atoms with Gasteiger partial charge >= 0.3 is 0 Å². The number of sulfonamides is 1. The Kier molecular flexibility index (Phi) is 4.64. The molecule has 0 radical (unpaired) electrons. The van der Waals surface area contributed by atoms with E-state index in [4.69, 9.17) is 5.26 Å². The Balaban J connectivity index is 3.20. The van der Waals surface area contributed by atoms with Gasteiger partial charge in [-0.15, -0.1) is 0 Å². The highest BCUT2D eigenvalue weighted by molar-refractivity contribution is 7.89. The van der Waals surface area contributed by atoms with E-state index in [0.717, 1.165) is 4.31 Å². The molecule has 6 nitrogen and oxygen atoms in total. The Morgan fingerprint density at radius 3 is 2.63 bits per heavy atom. The second-order valence-electron chi connectivity index (χ2n) is 4.03. The van der Waals surface area contributed by atoms with Crippen LogP contribution < -0.4 is 5.32 Å². The summed E-state index contributed by atoms with van der Waals surface area (Å²) in [7, 11) is -1.03. The number of nitrogens with zero attached hydrogens (tertiary/aromatic N) is 2. The van der Waals surface area contributed by atoms with Gasteiger partial charge in [0.1, 0.15) is 0 Å². The van der Waals surface area contributed by atoms with Gasteiger partial charge in [0.15, 0.2) is 0 Å². The van der Waals surface area contributed by atoms with Crippen LogP contribution in [0.15, 0.2) is 23.1 Å². The third kappa shape index (κ3) is 3.30. The van der Waals surface area contributed by atoms with Crippen molar-refractivity contribution in [3.05, 3.63) is 29.3 Å². The van der Waals surface area contributed by atoms with Gasteiger partial charge in [0.2, 0.25) is 15.9 Å². The molecule has 1 aromatic carbocycles. The van der Waals surface area contributed by atoms with E-state index in [-0.39, 0.29) is 17.0 Å². The minimum Gasteiger partial charge on any atom is -0.358 e. The van der Waals surface area contributed by atoms with Gasteiger partial charge in [0.25, 0.3) is 0 Å². The quantitative estimate of drug-likeness (QED) is 0.855. The van der Waals surface area contributed by atoms with Crippen LogP contribution in [0.2, 0.25) is 0 Å². The number of amides is 1. The zero-order chi connectivity index (χ0) is 14.6. The summed E-state index contributed by atoms with van der Waals surface area (Å²) in [6.45, 7) is 1.37. The summed E-state index contributed by atoms with van der Waals surface area (Å²) in [5, 5.41) is 11.2. The van der Waals surface area contributed by atoms with Gasteiger partial charge in [-0.1, -0.05) is 6.07 Å². The van der Waals surface area contributed by atoms with E-state index in [1.165, 1.54) is 20.2 Å². The van der Waals surface area contributed by atoms with Crippen molar-refractivity contribution in [2.24, 2.45) is 0 Å². The van der Waals surface area contributed by atoms with Crippen LogP contribution in [-0.4, -0.2) is 39.3 Å². The highest BCUT2D eigenvalue weighted by atomic mass is 32.2. The maximum absolute atomic E-state index is 12.3. The molecule has 0 heterocycles. The number of likely N-dealkylation sites (N-methyl/N-ethyl adjacent to an activating group) is 2. The predicted octanol–water partition coefficient (Wildman–Crippen LogP) is 0.233. The molecule has 0 aromatic heterocycles. The van der Waals surface area contributed by atoms with Gasteiger partial charge in [-0.3, -0.25) is 4.79 Å². The lowest BCUT2D eigenvalue weighted by atomic mass is 10.2. The topological polar surface area (TPSA) is 90.3 Å². The predicted molar refractivity (Wildman–Crippen MR) is 69.8 cm³/mol. The third-order valence-corrected chi connectivity index (χ3v) is 4.60. The lowest BCUT2D eigenvalue weighted by Crippen LogP contribution is -2.37. The Labute approximate surface area is 112 Å². The lowest BCUT2D eigenvalue weighted by Gasteiger charge is -2.17. The molecule has 0 atom stereocenters. The highest BCUT2D eigenvalue weighted by Crippen LogP contribution is 2.20. The number of aryl methyl sites for hydroxylation is 1. The molecule has 0 bridgehead atoms. The number of nitrogens with one attached hydrogen (secondary N) is 1. The highest BCUT2D eigenvalue weighted by Gasteiger charge is 2.24. The molecule has 0 unspecified atom stereocenters. The van der Waals surface area contributed by atoms with Crippen molar-refractivity contribution in [3.63, 3.8) is 0 Å². The van der Waals surface area contributed by atoms with Crippen LogP contribution >= 0.6 is 0 Å². The zero-order valence-electron chi connectivity index (χ0n) is 11.0.